The SMILES string of the molecule is CN(C)[C@@H]1CCN(C(=O)N2CCN(Cc3c[nH]c(-c4ccsc4)cc3=O)C3(CCCC3)C2)[C@H](c2cc(F)ccc2F)C1. The molecular formula is C32H39F2N5O2S. The third-order valence-corrected chi connectivity index (χ3v) is 10.3. The number of urea groups is 1. The van der Waals surface area contributed by atoms with Crippen LogP contribution in [-0.4, -0.2) is 82.5 Å². The Morgan fingerprint density at radius 2 is 1.93 bits per heavy atom. The first-order valence-electron chi connectivity index (χ1n) is 14.9. The van der Waals surface area contributed by atoms with Gasteiger partial charge in [0.1, 0.15) is 11.6 Å². The number of H-pyrrole nitrogens is 1. The van der Waals surface area contributed by atoms with E-state index < -0.39 is 17.7 Å². The van der Waals surface area contributed by atoms with Crippen molar-refractivity contribution in [2.75, 3.05) is 40.3 Å². The van der Waals surface area contributed by atoms with Crippen LogP contribution in [0.4, 0.5) is 13.6 Å². The van der Waals surface area contributed by atoms with Crippen molar-refractivity contribution in [3.63, 3.8) is 0 Å². The van der Waals surface area contributed by atoms with Crippen molar-refractivity contribution < 1.29 is 13.6 Å². The van der Waals surface area contributed by atoms with Crippen LogP contribution in [0.3, 0.4) is 0 Å². The third kappa shape index (κ3) is 5.64. The molecule has 224 valence electrons. The number of likely N-dealkylation sites (tertiary alicyclic amines) is 1. The lowest BCUT2D eigenvalue weighted by Crippen LogP contribution is -2.64. The summed E-state index contributed by atoms with van der Waals surface area (Å²) < 4.78 is 29.3. The number of nitrogens with zero attached hydrogens (tertiary/aromatic N) is 4. The molecule has 0 bridgehead atoms. The molecule has 2 aromatic heterocycles. The Labute approximate surface area is 249 Å². The van der Waals surface area contributed by atoms with E-state index in [2.05, 4.69) is 14.8 Å². The van der Waals surface area contributed by atoms with Crippen molar-refractivity contribution in [3.05, 3.63) is 80.3 Å². The zero-order valence-electron chi connectivity index (χ0n) is 24.3. The summed E-state index contributed by atoms with van der Waals surface area (Å²) >= 11 is 1.60. The Hall–Kier alpha value is -3.08. The average molecular weight is 596 g/mol. The molecule has 10 heteroatoms. The van der Waals surface area contributed by atoms with Gasteiger partial charge in [0.15, 0.2) is 5.43 Å². The maximum absolute atomic E-state index is 15.0. The van der Waals surface area contributed by atoms with Crippen molar-refractivity contribution in [2.24, 2.45) is 0 Å². The van der Waals surface area contributed by atoms with Crippen LogP contribution in [0.2, 0.25) is 0 Å². The number of thiophene rings is 1. The van der Waals surface area contributed by atoms with Gasteiger partial charge in [0, 0.05) is 78.6 Å². The number of carbonyl (C=O) groups is 1. The van der Waals surface area contributed by atoms with Crippen molar-refractivity contribution in [3.8, 4) is 11.3 Å². The van der Waals surface area contributed by atoms with E-state index in [1.54, 1.807) is 22.3 Å². The van der Waals surface area contributed by atoms with Gasteiger partial charge in [-0.3, -0.25) is 9.69 Å². The van der Waals surface area contributed by atoms with Crippen molar-refractivity contribution in [1.29, 1.82) is 0 Å². The molecule has 0 radical (unpaired) electrons. The molecule has 2 saturated heterocycles. The van der Waals surface area contributed by atoms with Crippen molar-refractivity contribution in [2.45, 2.75) is 62.7 Å². The summed E-state index contributed by atoms with van der Waals surface area (Å²) in [4.78, 5) is 38.8. The van der Waals surface area contributed by atoms with E-state index in [1.807, 2.05) is 42.0 Å². The molecule has 7 nitrogen and oxygen atoms in total. The van der Waals surface area contributed by atoms with Crippen LogP contribution >= 0.6 is 11.3 Å². The number of amides is 2. The summed E-state index contributed by atoms with van der Waals surface area (Å²) in [6.07, 6.45) is 7.26. The van der Waals surface area contributed by atoms with Crippen LogP contribution in [0.5, 0.6) is 0 Å². The first-order valence-corrected chi connectivity index (χ1v) is 15.8. The van der Waals surface area contributed by atoms with Gasteiger partial charge in [0.25, 0.3) is 0 Å². The number of rotatable bonds is 5. The maximum atomic E-state index is 15.0. The van der Waals surface area contributed by atoms with Crippen molar-refractivity contribution in [1.82, 2.24) is 24.6 Å². The molecule has 42 heavy (non-hydrogen) atoms. The van der Waals surface area contributed by atoms with Gasteiger partial charge in [-0.05, 0) is 69.4 Å². The fraction of sp³-hybridized carbons (Fsp3) is 0.500. The minimum atomic E-state index is -0.535. The largest absolute Gasteiger partial charge is 0.361 e. The van der Waals surface area contributed by atoms with Gasteiger partial charge in [-0.15, -0.1) is 0 Å². The van der Waals surface area contributed by atoms with Crippen LogP contribution in [0, 0.1) is 11.6 Å². The van der Waals surface area contributed by atoms with Crippen LogP contribution in [0.25, 0.3) is 11.3 Å². The topological polar surface area (TPSA) is 62.9 Å². The molecule has 4 heterocycles. The van der Waals surface area contributed by atoms with Crippen molar-refractivity contribution >= 4 is 17.4 Å². The molecule has 6 rings (SSSR count). The minimum Gasteiger partial charge on any atom is -0.361 e. The van der Waals surface area contributed by atoms with E-state index in [9.17, 15) is 14.0 Å². The average Bonchev–Trinajstić information content (AvgIpc) is 3.69. The van der Waals surface area contributed by atoms with Crippen LogP contribution in [-0.2, 0) is 6.54 Å². The third-order valence-electron chi connectivity index (χ3n) is 9.66. The quantitative estimate of drug-likeness (QED) is 0.411. The molecule has 0 unspecified atom stereocenters. The number of hydrogen-bond acceptors (Lipinski definition) is 5. The Kier molecular flexibility index (Phi) is 8.22. The fourth-order valence-corrected chi connectivity index (χ4v) is 7.89. The second-order valence-corrected chi connectivity index (χ2v) is 13.1. The lowest BCUT2D eigenvalue weighted by molar-refractivity contribution is -0.00414. The molecular weight excluding hydrogens is 556 g/mol. The second kappa shape index (κ2) is 11.9. The predicted octanol–water partition coefficient (Wildman–Crippen LogP) is 5.70. The molecule has 3 aliphatic rings. The van der Waals surface area contributed by atoms with E-state index in [0.29, 0.717) is 39.1 Å². The maximum Gasteiger partial charge on any atom is 0.320 e. The first kappa shape index (κ1) is 29.0. The predicted molar refractivity (Wildman–Crippen MR) is 161 cm³/mol. The lowest BCUT2D eigenvalue weighted by Gasteiger charge is -2.51. The van der Waals surface area contributed by atoms with E-state index >= 15 is 4.39 Å². The molecule has 3 fully saturated rings. The molecule has 1 aliphatic carbocycles. The number of nitrogens with one attached hydrogen (secondary N) is 1. The number of piperazine rings is 1. The first-order chi connectivity index (χ1) is 20.2. The summed E-state index contributed by atoms with van der Waals surface area (Å²) in [5.41, 5.74) is 2.62. The number of piperidine rings is 1. The second-order valence-electron chi connectivity index (χ2n) is 12.3. The summed E-state index contributed by atoms with van der Waals surface area (Å²) in [6.45, 7) is 2.78. The normalized spacial score (nSPS) is 22.8. The van der Waals surface area contributed by atoms with Crippen LogP contribution < -0.4 is 5.43 Å². The summed E-state index contributed by atoms with van der Waals surface area (Å²) in [5.74, 6) is -0.978. The number of aromatic amines is 1. The standard InChI is InChI=1S/C32H39F2N5O2S/c1-36(2)25-7-11-39(29(16-25)26-15-24(33)5-6-27(26)34)31(41)37-12-13-38(32(21-37)9-3-4-10-32)19-23-18-35-28(17-30(23)40)22-8-14-42-20-22/h5-6,8,14-15,17-18,20,25,29H,3-4,7,9-13,16,19,21H2,1-2H3,(H,35,40)/t25-,29+/m1/s1. The number of aromatic nitrogens is 1. The monoisotopic (exact) mass is 595 g/mol. The fourth-order valence-electron chi connectivity index (χ4n) is 7.24. The van der Waals surface area contributed by atoms with Gasteiger partial charge in [0.05, 0.1) is 11.7 Å². The minimum absolute atomic E-state index is 0.0188. The molecule has 1 aromatic carbocycles. The van der Waals surface area contributed by atoms with E-state index in [-0.39, 0.29) is 28.6 Å². The smallest absolute Gasteiger partial charge is 0.320 e. The van der Waals surface area contributed by atoms with Gasteiger partial charge < -0.3 is 19.7 Å². The molecule has 2 atom stereocenters. The molecule has 2 amide bonds. The number of hydrogen-bond donors (Lipinski definition) is 1. The van der Waals surface area contributed by atoms with Gasteiger partial charge in [0.2, 0.25) is 0 Å². The van der Waals surface area contributed by atoms with Crippen LogP contribution in [0.1, 0.15) is 55.7 Å². The molecule has 3 aromatic rings. The molecule has 1 saturated carbocycles. The van der Waals surface area contributed by atoms with Gasteiger partial charge in [-0.2, -0.15) is 11.3 Å². The van der Waals surface area contributed by atoms with Gasteiger partial charge in [-0.25, -0.2) is 13.6 Å². The van der Waals surface area contributed by atoms with Gasteiger partial charge in [-0.1, -0.05) is 12.8 Å². The highest BCUT2D eigenvalue weighted by molar-refractivity contribution is 7.08. The Morgan fingerprint density at radius 1 is 1.12 bits per heavy atom. The Balaban J connectivity index is 1.22. The highest BCUT2D eigenvalue weighted by Crippen LogP contribution is 2.41. The molecule has 2 aliphatic heterocycles. The zero-order chi connectivity index (χ0) is 29.4. The Bertz CT molecular complexity index is 1470. The van der Waals surface area contributed by atoms with E-state index in [0.717, 1.165) is 61.1 Å². The number of carbonyl (C=O) groups excluding carboxylic acids is 1. The molecule has 1 spiro atoms. The highest BCUT2D eigenvalue weighted by Gasteiger charge is 2.46. The lowest BCUT2D eigenvalue weighted by atomic mass is 9.89. The zero-order valence-corrected chi connectivity index (χ0v) is 25.1. The number of benzene rings is 1. The number of halogens is 2. The highest BCUT2D eigenvalue weighted by atomic mass is 32.1. The van der Waals surface area contributed by atoms with Crippen LogP contribution in [0.15, 0.2) is 52.1 Å². The summed E-state index contributed by atoms with van der Waals surface area (Å²) in [5, 5.41) is 4.01. The van der Waals surface area contributed by atoms with E-state index in [4.69, 9.17) is 0 Å². The van der Waals surface area contributed by atoms with E-state index in [1.165, 1.54) is 6.07 Å². The molecule has 1 N–H and O–H groups in total. The summed E-state index contributed by atoms with van der Waals surface area (Å²) in [6, 6.07) is 6.74. The summed E-state index contributed by atoms with van der Waals surface area (Å²) in [7, 11) is 3.98. The number of pyridine rings is 1. The Morgan fingerprint density at radius 3 is 2.64 bits per heavy atom. The van der Waals surface area contributed by atoms with Gasteiger partial charge >= 0.3 is 6.03 Å².